The zero-order valence-corrected chi connectivity index (χ0v) is 32.1. The van der Waals surface area contributed by atoms with Crippen LogP contribution in [0, 0.1) is 23.7 Å². The fraction of sp³-hybridized carbons (Fsp3) is 0.538. The van der Waals surface area contributed by atoms with Crippen molar-refractivity contribution >= 4 is 35.4 Å². The van der Waals surface area contributed by atoms with E-state index < -0.39 is 83.7 Å². The summed E-state index contributed by atoms with van der Waals surface area (Å²) in [5.41, 5.74) is 12.9. The topological polar surface area (TPSA) is 235 Å². The number of hydrogen-bond acceptors (Lipinski definition) is 8. The van der Waals surface area contributed by atoms with Crippen LogP contribution in [-0.2, 0) is 41.6 Å². The average Bonchev–Trinajstić information content (AvgIpc) is 3.10. The second kappa shape index (κ2) is 21.0. The van der Waals surface area contributed by atoms with Crippen LogP contribution in [0.4, 0.5) is 0 Å². The molecule has 0 saturated carbocycles. The number of aliphatic hydroxyl groups is 1. The summed E-state index contributed by atoms with van der Waals surface area (Å²) in [6.45, 7) is 13.9. The predicted molar refractivity (Wildman–Crippen MR) is 202 cm³/mol. The van der Waals surface area contributed by atoms with Crippen molar-refractivity contribution in [1.29, 1.82) is 0 Å². The molecule has 0 radical (unpaired) electrons. The number of amides is 6. The third-order valence-electron chi connectivity index (χ3n) is 8.98. The van der Waals surface area contributed by atoms with Crippen LogP contribution in [0.3, 0.4) is 0 Å². The largest absolute Gasteiger partial charge is 0.381 e. The standard InChI is InChI=1S/C39H59N7O7/c1-21(2)29(40)36(50)46-31(23(5)6)37(51)42-27(19-25-15-11-9-12-16-25)33(47)39(53)43-28(20-26-17-13-10-14-18-26)35(49)45-32(24(7)8)38(52)44-30(22(3)4)34(41)48/h9-18,21-24,27-33,47H,19-20,40H2,1-8H3,(H2,41,48)(H,42,51)(H,43,53)(H,44,52)(H,45,49)(H,46,50)/t27-,28-,29-,30-,31-,32-,33-/m0/s1. The third kappa shape index (κ3) is 13.9. The highest BCUT2D eigenvalue weighted by atomic mass is 16.3. The summed E-state index contributed by atoms with van der Waals surface area (Å²) in [5, 5.41) is 24.9. The molecule has 53 heavy (non-hydrogen) atoms. The maximum atomic E-state index is 13.9. The summed E-state index contributed by atoms with van der Waals surface area (Å²) < 4.78 is 0. The second-order valence-electron chi connectivity index (χ2n) is 14.9. The van der Waals surface area contributed by atoms with E-state index in [1.54, 1.807) is 116 Å². The molecular weight excluding hydrogens is 678 g/mol. The van der Waals surface area contributed by atoms with Gasteiger partial charge in [-0.25, -0.2) is 0 Å². The molecule has 2 aromatic carbocycles. The molecule has 6 amide bonds. The van der Waals surface area contributed by atoms with Crippen molar-refractivity contribution in [3.05, 3.63) is 71.8 Å². The minimum atomic E-state index is -1.85. The molecule has 0 aromatic heterocycles. The minimum absolute atomic E-state index is 0.000739. The third-order valence-corrected chi connectivity index (χ3v) is 8.98. The van der Waals surface area contributed by atoms with Gasteiger partial charge in [-0.3, -0.25) is 28.8 Å². The molecule has 0 bridgehead atoms. The van der Waals surface area contributed by atoms with Gasteiger partial charge in [0.05, 0.1) is 12.1 Å². The van der Waals surface area contributed by atoms with Gasteiger partial charge in [-0.05, 0) is 41.2 Å². The van der Waals surface area contributed by atoms with Crippen LogP contribution in [0.5, 0.6) is 0 Å². The summed E-state index contributed by atoms with van der Waals surface area (Å²) >= 11 is 0. The van der Waals surface area contributed by atoms with Crippen molar-refractivity contribution in [3.8, 4) is 0 Å². The maximum absolute atomic E-state index is 13.9. The smallest absolute Gasteiger partial charge is 0.251 e. The number of aliphatic hydroxyl groups excluding tert-OH is 1. The van der Waals surface area contributed by atoms with E-state index >= 15 is 0 Å². The summed E-state index contributed by atoms with van der Waals surface area (Å²) in [7, 11) is 0. The van der Waals surface area contributed by atoms with Gasteiger partial charge in [0.15, 0.2) is 6.10 Å². The highest BCUT2D eigenvalue weighted by Gasteiger charge is 2.36. The first-order chi connectivity index (χ1) is 24.8. The highest BCUT2D eigenvalue weighted by Crippen LogP contribution is 2.13. The Morgan fingerprint density at radius 2 is 0.943 bits per heavy atom. The van der Waals surface area contributed by atoms with E-state index in [9.17, 15) is 33.9 Å². The molecule has 0 heterocycles. The van der Waals surface area contributed by atoms with Crippen molar-refractivity contribution in [2.45, 2.75) is 111 Å². The van der Waals surface area contributed by atoms with Gasteiger partial charge in [0.1, 0.15) is 24.2 Å². The van der Waals surface area contributed by atoms with Crippen LogP contribution in [0.1, 0.15) is 66.5 Å². The Morgan fingerprint density at radius 1 is 0.528 bits per heavy atom. The van der Waals surface area contributed by atoms with Gasteiger partial charge >= 0.3 is 0 Å². The van der Waals surface area contributed by atoms with Crippen molar-refractivity contribution < 1.29 is 33.9 Å². The summed E-state index contributed by atoms with van der Waals surface area (Å²) in [4.78, 5) is 79.5. The van der Waals surface area contributed by atoms with E-state index in [0.29, 0.717) is 11.1 Å². The molecule has 2 rings (SSSR count). The lowest BCUT2D eigenvalue weighted by molar-refractivity contribution is -0.138. The van der Waals surface area contributed by atoms with Crippen LogP contribution in [0.15, 0.2) is 60.7 Å². The first-order valence-electron chi connectivity index (χ1n) is 18.2. The normalized spacial score (nSPS) is 15.4. The van der Waals surface area contributed by atoms with Crippen molar-refractivity contribution in [3.63, 3.8) is 0 Å². The Labute approximate surface area is 313 Å². The monoisotopic (exact) mass is 737 g/mol. The maximum Gasteiger partial charge on any atom is 0.251 e. The first kappa shape index (κ1) is 44.3. The van der Waals surface area contributed by atoms with Crippen molar-refractivity contribution in [2.75, 3.05) is 0 Å². The molecule has 14 nitrogen and oxygen atoms in total. The summed E-state index contributed by atoms with van der Waals surface area (Å²) in [6, 6.07) is 11.4. The summed E-state index contributed by atoms with van der Waals surface area (Å²) in [5.74, 6) is -5.42. The van der Waals surface area contributed by atoms with E-state index in [-0.39, 0.29) is 30.6 Å². The Hall–Kier alpha value is -4.82. The molecule has 7 atom stereocenters. The van der Waals surface area contributed by atoms with Crippen molar-refractivity contribution in [1.82, 2.24) is 26.6 Å². The van der Waals surface area contributed by atoms with Crippen LogP contribution < -0.4 is 38.1 Å². The fourth-order valence-electron chi connectivity index (χ4n) is 5.57. The van der Waals surface area contributed by atoms with Gasteiger partial charge in [-0.2, -0.15) is 0 Å². The van der Waals surface area contributed by atoms with Gasteiger partial charge < -0.3 is 43.2 Å². The molecule has 0 aliphatic heterocycles. The lowest BCUT2D eigenvalue weighted by Gasteiger charge is -2.30. The predicted octanol–water partition coefficient (Wildman–Crippen LogP) is 0.693. The molecule has 2 aromatic rings. The highest BCUT2D eigenvalue weighted by molar-refractivity contribution is 5.95. The van der Waals surface area contributed by atoms with Crippen LogP contribution in [0.2, 0.25) is 0 Å². The number of rotatable bonds is 20. The number of carbonyl (C=O) groups is 6. The quantitative estimate of drug-likeness (QED) is 0.0961. The zero-order valence-electron chi connectivity index (χ0n) is 32.1. The van der Waals surface area contributed by atoms with E-state index in [1.807, 2.05) is 0 Å². The Kier molecular flexibility index (Phi) is 17.6. The van der Waals surface area contributed by atoms with Crippen LogP contribution in [-0.4, -0.2) is 82.9 Å². The van der Waals surface area contributed by atoms with Gasteiger partial charge in [-0.1, -0.05) is 116 Å². The van der Waals surface area contributed by atoms with Crippen LogP contribution >= 0.6 is 0 Å². The molecular formula is C39H59N7O7. The van der Waals surface area contributed by atoms with Gasteiger partial charge in [0.2, 0.25) is 29.5 Å². The number of nitrogens with one attached hydrogen (secondary N) is 5. The molecule has 0 fully saturated rings. The van der Waals surface area contributed by atoms with Gasteiger partial charge in [0, 0.05) is 6.42 Å². The number of primary amides is 1. The zero-order chi connectivity index (χ0) is 40.0. The molecule has 0 spiro atoms. The minimum Gasteiger partial charge on any atom is -0.381 e. The molecule has 14 heteroatoms. The number of hydrogen-bond donors (Lipinski definition) is 8. The molecule has 0 aliphatic carbocycles. The average molecular weight is 738 g/mol. The number of nitrogens with two attached hydrogens (primary N) is 2. The Morgan fingerprint density at radius 3 is 1.38 bits per heavy atom. The number of benzene rings is 2. The SMILES string of the molecule is CC(C)[C@H](N)C(=O)N[C@H](C(=O)N[C@@H](Cc1ccccc1)[C@H](O)C(=O)N[C@@H](Cc1ccccc1)C(=O)N[C@H](C(=O)N[C@H](C(N)=O)C(C)C)C(C)C)C(C)C. The molecule has 10 N–H and O–H groups in total. The van der Waals surface area contributed by atoms with E-state index in [2.05, 4.69) is 26.6 Å². The van der Waals surface area contributed by atoms with Crippen molar-refractivity contribution in [2.24, 2.45) is 35.1 Å². The lowest BCUT2D eigenvalue weighted by Crippen LogP contribution is -2.61. The van der Waals surface area contributed by atoms with Crippen LogP contribution in [0.25, 0.3) is 0 Å². The fourth-order valence-corrected chi connectivity index (χ4v) is 5.57. The summed E-state index contributed by atoms with van der Waals surface area (Å²) in [6.07, 6.45) is -1.81. The molecule has 292 valence electrons. The number of carbonyl (C=O) groups excluding carboxylic acids is 6. The van der Waals surface area contributed by atoms with E-state index in [1.165, 1.54) is 0 Å². The molecule has 0 unspecified atom stereocenters. The van der Waals surface area contributed by atoms with Gasteiger partial charge in [-0.15, -0.1) is 0 Å². The Bertz CT molecular complexity index is 1520. The second-order valence-corrected chi connectivity index (χ2v) is 14.9. The first-order valence-corrected chi connectivity index (χ1v) is 18.2. The van der Waals surface area contributed by atoms with E-state index in [4.69, 9.17) is 11.5 Å². The molecule has 0 saturated heterocycles. The lowest BCUT2D eigenvalue weighted by atomic mass is 9.96. The molecule has 0 aliphatic rings. The Balaban J connectivity index is 2.41. The van der Waals surface area contributed by atoms with E-state index in [0.717, 1.165) is 0 Å². The van der Waals surface area contributed by atoms with Gasteiger partial charge in [0.25, 0.3) is 5.91 Å².